The van der Waals surface area contributed by atoms with Gasteiger partial charge in [-0.2, -0.15) is 0 Å². The predicted octanol–water partition coefficient (Wildman–Crippen LogP) is 1.72. The van der Waals surface area contributed by atoms with Crippen LogP contribution in [0.5, 0.6) is 0 Å². The van der Waals surface area contributed by atoms with Crippen molar-refractivity contribution in [3.05, 3.63) is 6.33 Å². The molecule has 0 spiro atoms. The average molecular weight is 222 g/mol. The summed E-state index contributed by atoms with van der Waals surface area (Å²) in [7, 11) is 1.82. The zero-order chi connectivity index (χ0) is 11.4. The minimum absolute atomic E-state index is 0.0954. The Morgan fingerprint density at radius 2 is 2.06 bits per heavy atom. The average Bonchev–Trinajstić information content (AvgIpc) is 2.57. The second-order valence-electron chi connectivity index (χ2n) is 4.44. The van der Waals surface area contributed by atoms with Crippen LogP contribution in [-0.2, 0) is 11.8 Å². The third-order valence-corrected chi connectivity index (χ3v) is 3.17. The summed E-state index contributed by atoms with van der Waals surface area (Å²) in [5.41, 5.74) is 0. The Morgan fingerprint density at radius 1 is 1.38 bits per heavy atom. The fourth-order valence-electron chi connectivity index (χ4n) is 2.15. The highest BCUT2D eigenvalue weighted by molar-refractivity contribution is 5.90. The predicted molar refractivity (Wildman–Crippen MR) is 60.8 cm³/mol. The molecular weight excluding hydrogens is 204 g/mol. The van der Waals surface area contributed by atoms with Crippen LogP contribution in [0.4, 0.5) is 5.95 Å². The SMILES string of the molecule is Cn1cnnc1NC(=O)C1CCCCCC1. The lowest BCUT2D eigenvalue weighted by Crippen LogP contribution is -2.23. The van der Waals surface area contributed by atoms with Crippen molar-refractivity contribution in [2.45, 2.75) is 38.5 Å². The van der Waals surface area contributed by atoms with Gasteiger partial charge in [0.1, 0.15) is 6.33 Å². The van der Waals surface area contributed by atoms with Gasteiger partial charge in [0.25, 0.3) is 0 Å². The molecule has 0 atom stereocenters. The Hall–Kier alpha value is -1.39. The molecule has 1 aliphatic rings. The lowest BCUT2D eigenvalue weighted by molar-refractivity contribution is -0.120. The third kappa shape index (κ3) is 2.59. The van der Waals surface area contributed by atoms with Crippen LogP contribution in [0.25, 0.3) is 0 Å². The minimum Gasteiger partial charge on any atom is -0.303 e. The maximum atomic E-state index is 12.0. The van der Waals surface area contributed by atoms with Crippen molar-refractivity contribution in [3.63, 3.8) is 0 Å². The zero-order valence-electron chi connectivity index (χ0n) is 9.65. The molecule has 1 aliphatic carbocycles. The van der Waals surface area contributed by atoms with Crippen LogP contribution in [0.2, 0.25) is 0 Å². The van der Waals surface area contributed by atoms with Gasteiger partial charge in [-0.05, 0) is 12.8 Å². The molecule has 2 rings (SSSR count). The molecule has 1 aromatic rings. The Labute approximate surface area is 95.2 Å². The van der Waals surface area contributed by atoms with E-state index in [0.717, 1.165) is 25.7 Å². The molecular formula is C11H18N4O. The van der Waals surface area contributed by atoms with Crippen LogP contribution in [-0.4, -0.2) is 20.7 Å². The van der Waals surface area contributed by atoms with E-state index < -0.39 is 0 Å². The number of anilines is 1. The van der Waals surface area contributed by atoms with Crippen molar-refractivity contribution in [2.24, 2.45) is 13.0 Å². The van der Waals surface area contributed by atoms with Gasteiger partial charge in [-0.1, -0.05) is 25.7 Å². The number of carbonyl (C=O) groups is 1. The second kappa shape index (κ2) is 5.09. The monoisotopic (exact) mass is 222 g/mol. The number of hydrogen-bond acceptors (Lipinski definition) is 3. The van der Waals surface area contributed by atoms with Crippen molar-refractivity contribution < 1.29 is 4.79 Å². The number of rotatable bonds is 2. The first-order valence-corrected chi connectivity index (χ1v) is 5.92. The maximum Gasteiger partial charge on any atom is 0.230 e. The summed E-state index contributed by atoms with van der Waals surface area (Å²) >= 11 is 0. The molecule has 0 aliphatic heterocycles. The van der Waals surface area contributed by atoms with E-state index in [1.54, 1.807) is 10.9 Å². The summed E-state index contributed by atoms with van der Waals surface area (Å²) in [5.74, 6) is 0.784. The number of aromatic nitrogens is 3. The van der Waals surface area contributed by atoms with E-state index in [0.29, 0.717) is 5.95 Å². The number of hydrogen-bond donors (Lipinski definition) is 1. The molecule has 1 N–H and O–H groups in total. The first kappa shape index (κ1) is 11.1. The fraction of sp³-hybridized carbons (Fsp3) is 0.727. The largest absolute Gasteiger partial charge is 0.303 e. The van der Waals surface area contributed by atoms with Gasteiger partial charge >= 0.3 is 0 Å². The van der Waals surface area contributed by atoms with Gasteiger partial charge in [-0.15, -0.1) is 10.2 Å². The van der Waals surface area contributed by atoms with Crippen molar-refractivity contribution in [3.8, 4) is 0 Å². The van der Waals surface area contributed by atoms with E-state index in [4.69, 9.17) is 0 Å². The fourth-order valence-corrected chi connectivity index (χ4v) is 2.15. The van der Waals surface area contributed by atoms with Crippen LogP contribution in [0.1, 0.15) is 38.5 Å². The molecule has 5 nitrogen and oxygen atoms in total. The van der Waals surface area contributed by atoms with Crippen LogP contribution in [0.3, 0.4) is 0 Å². The summed E-state index contributed by atoms with van der Waals surface area (Å²) in [6.45, 7) is 0. The normalized spacial score (nSPS) is 18.1. The van der Waals surface area contributed by atoms with E-state index in [2.05, 4.69) is 15.5 Å². The summed E-state index contributed by atoms with van der Waals surface area (Å²) in [6, 6.07) is 0. The van der Waals surface area contributed by atoms with Gasteiger partial charge in [-0.3, -0.25) is 10.1 Å². The zero-order valence-corrected chi connectivity index (χ0v) is 9.65. The Kier molecular flexibility index (Phi) is 3.54. The molecule has 0 radical (unpaired) electrons. The standard InChI is InChI=1S/C11H18N4O/c1-15-8-12-14-11(15)13-10(16)9-6-4-2-3-5-7-9/h8-9H,2-7H2,1H3,(H,13,14,16). The Morgan fingerprint density at radius 3 is 2.62 bits per heavy atom. The van der Waals surface area contributed by atoms with E-state index in [1.807, 2.05) is 7.05 Å². The lowest BCUT2D eigenvalue weighted by Gasteiger charge is -2.13. The van der Waals surface area contributed by atoms with Gasteiger partial charge in [0, 0.05) is 13.0 Å². The lowest BCUT2D eigenvalue weighted by atomic mass is 10.00. The highest BCUT2D eigenvalue weighted by Crippen LogP contribution is 2.23. The van der Waals surface area contributed by atoms with Crippen LogP contribution in [0.15, 0.2) is 6.33 Å². The first-order chi connectivity index (χ1) is 7.77. The number of aryl methyl sites for hydroxylation is 1. The molecule has 0 bridgehead atoms. The molecule has 0 aromatic carbocycles. The molecule has 1 saturated carbocycles. The smallest absolute Gasteiger partial charge is 0.230 e. The minimum atomic E-state index is 0.0954. The molecule has 1 fully saturated rings. The van der Waals surface area contributed by atoms with Crippen molar-refractivity contribution in [1.82, 2.24) is 14.8 Å². The Bertz CT molecular complexity index is 353. The van der Waals surface area contributed by atoms with Crippen LogP contribution >= 0.6 is 0 Å². The van der Waals surface area contributed by atoms with Crippen molar-refractivity contribution >= 4 is 11.9 Å². The summed E-state index contributed by atoms with van der Waals surface area (Å²) in [4.78, 5) is 12.0. The number of amides is 1. The molecule has 5 heteroatoms. The van der Waals surface area contributed by atoms with Gasteiger partial charge in [0.15, 0.2) is 0 Å². The van der Waals surface area contributed by atoms with Gasteiger partial charge in [-0.25, -0.2) is 0 Å². The molecule has 1 aromatic heterocycles. The van der Waals surface area contributed by atoms with E-state index in [-0.39, 0.29) is 11.8 Å². The molecule has 0 saturated heterocycles. The third-order valence-electron chi connectivity index (χ3n) is 3.17. The summed E-state index contributed by atoms with van der Waals surface area (Å²) in [5, 5.41) is 10.4. The summed E-state index contributed by atoms with van der Waals surface area (Å²) < 4.78 is 1.72. The van der Waals surface area contributed by atoms with E-state index in [1.165, 1.54) is 12.8 Å². The molecule has 1 heterocycles. The highest BCUT2D eigenvalue weighted by atomic mass is 16.2. The second-order valence-corrected chi connectivity index (χ2v) is 4.44. The van der Waals surface area contributed by atoms with Gasteiger partial charge < -0.3 is 4.57 Å². The molecule has 16 heavy (non-hydrogen) atoms. The van der Waals surface area contributed by atoms with E-state index in [9.17, 15) is 4.79 Å². The molecule has 1 amide bonds. The topological polar surface area (TPSA) is 59.8 Å². The Balaban J connectivity index is 1.94. The van der Waals surface area contributed by atoms with E-state index >= 15 is 0 Å². The molecule has 88 valence electrons. The highest BCUT2D eigenvalue weighted by Gasteiger charge is 2.21. The number of nitrogens with one attached hydrogen (secondary N) is 1. The maximum absolute atomic E-state index is 12.0. The van der Waals surface area contributed by atoms with Gasteiger partial charge in [0.2, 0.25) is 11.9 Å². The summed E-state index contributed by atoms with van der Waals surface area (Å²) in [6.07, 6.45) is 8.44. The number of carbonyl (C=O) groups excluding carboxylic acids is 1. The van der Waals surface area contributed by atoms with Crippen LogP contribution in [0, 0.1) is 5.92 Å². The quantitative estimate of drug-likeness (QED) is 0.775. The van der Waals surface area contributed by atoms with Crippen molar-refractivity contribution in [2.75, 3.05) is 5.32 Å². The first-order valence-electron chi connectivity index (χ1n) is 5.92. The van der Waals surface area contributed by atoms with Gasteiger partial charge in [0.05, 0.1) is 0 Å². The molecule has 0 unspecified atom stereocenters. The van der Waals surface area contributed by atoms with Crippen LogP contribution < -0.4 is 5.32 Å². The van der Waals surface area contributed by atoms with Crippen molar-refractivity contribution in [1.29, 1.82) is 0 Å². The number of nitrogens with zero attached hydrogens (tertiary/aromatic N) is 3.